The average molecular weight is 312 g/mol. The topological polar surface area (TPSA) is 50.8 Å². The number of benzene rings is 2. The van der Waals surface area contributed by atoms with Crippen LogP contribution in [0.2, 0.25) is 0 Å². The molecule has 0 unspecified atom stereocenters. The van der Waals surface area contributed by atoms with Crippen molar-refractivity contribution in [3.8, 4) is 12.1 Å². The van der Waals surface area contributed by atoms with Gasteiger partial charge in [-0.15, -0.1) is 0 Å². The molecule has 3 nitrogen and oxygen atoms in total. The summed E-state index contributed by atoms with van der Waals surface area (Å²) in [4.78, 5) is 1.89. The Labute approximate surface area is 120 Å². The fourth-order valence-corrected chi connectivity index (χ4v) is 2.27. The number of nitrogens with zero attached hydrogens (tertiary/aromatic N) is 3. The molecule has 0 amide bonds. The van der Waals surface area contributed by atoms with Crippen LogP contribution in [0.3, 0.4) is 0 Å². The van der Waals surface area contributed by atoms with Crippen LogP contribution >= 0.6 is 15.9 Å². The van der Waals surface area contributed by atoms with Gasteiger partial charge in [0.1, 0.15) is 6.07 Å². The first-order valence-electron chi connectivity index (χ1n) is 5.60. The summed E-state index contributed by atoms with van der Waals surface area (Å²) in [6.45, 7) is 0. The van der Waals surface area contributed by atoms with E-state index in [9.17, 15) is 5.26 Å². The largest absolute Gasteiger partial charge is 0.343 e. The maximum Gasteiger partial charge on any atom is 0.103 e. The summed E-state index contributed by atoms with van der Waals surface area (Å²) in [5.74, 6) is 0. The summed E-state index contributed by atoms with van der Waals surface area (Å²) in [7, 11) is 1.87. The molecule has 0 heterocycles. The Kier molecular flexibility index (Phi) is 3.85. The van der Waals surface area contributed by atoms with E-state index in [0.29, 0.717) is 11.1 Å². The normalized spacial score (nSPS) is 9.47. The SMILES string of the molecule is CN(c1cccc(C#N)c1)c1cccc(Br)c1C#N. The Hall–Kier alpha value is -2.30. The van der Waals surface area contributed by atoms with E-state index in [0.717, 1.165) is 15.8 Å². The molecule has 0 spiro atoms. The van der Waals surface area contributed by atoms with Crippen molar-refractivity contribution < 1.29 is 0 Å². The number of anilines is 2. The number of halogens is 1. The van der Waals surface area contributed by atoms with E-state index >= 15 is 0 Å². The first-order valence-corrected chi connectivity index (χ1v) is 6.39. The van der Waals surface area contributed by atoms with Crippen LogP contribution in [0.5, 0.6) is 0 Å². The molecule has 92 valence electrons. The summed E-state index contributed by atoms with van der Waals surface area (Å²) < 4.78 is 0.760. The molecule has 0 saturated heterocycles. The molecule has 0 aliphatic heterocycles. The van der Waals surface area contributed by atoms with E-state index in [-0.39, 0.29) is 0 Å². The molecule has 2 rings (SSSR count). The molecule has 0 fully saturated rings. The van der Waals surface area contributed by atoms with Crippen molar-refractivity contribution in [1.82, 2.24) is 0 Å². The lowest BCUT2D eigenvalue weighted by atomic mass is 10.1. The summed E-state index contributed by atoms with van der Waals surface area (Å²) in [5.41, 5.74) is 2.84. The van der Waals surface area contributed by atoms with Crippen LogP contribution in [0, 0.1) is 22.7 Å². The Morgan fingerprint density at radius 3 is 2.47 bits per heavy atom. The highest BCUT2D eigenvalue weighted by atomic mass is 79.9. The zero-order valence-electron chi connectivity index (χ0n) is 10.3. The third kappa shape index (κ3) is 2.59. The van der Waals surface area contributed by atoms with Gasteiger partial charge < -0.3 is 4.90 Å². The highest BCUT2D eigenvalue weighted by molar-refractivity contribution is 9.10. The fourth-order valence-electron chi connectivity index (χ4n) is 1.83. The minimum absolute atomic E-state index is 0.576. The Bertz CT molecular complexity index is 695. The maximum absolute atomic E-state index is 9.24. The first-order chi connectivity index (χ1) is 9.17. The molecule has 0 radical (unpaired) electrons. The van der Waals surface area contributed by atoms with E-state index in [1.54, 1.807) is 12.1 Å². The molecule has 0 saturated carbocycles. The van der Waals surface area contributed by atoms with Gasteiger partial charge in [-0.05, 0) is 46.3 Å². The van der Waals surface area contributed by atoms with Gasteiger partial charge >= 0.3 is 0 Å². The maximum atomic E-state index is 9.24. The molecule has 0 bridgehead atoms. The van der Waals surface area contributed by atoms with Crippen LogP contribution in [0.25, 0.3) is 0 Å². The fraction of sp³-hybridized carbons (Fsp3) is 0.0667. The van der Waals surface area contributed by atoms with E-state index in [1.807, 2.05) is 42.3 Å². The van der Waals surface area contributed by atoms with Crippen molar-refractivity contribution in [1.29, 1.82) is 10.5 Å². The quantitative estimate of drug-likeness (QED) is 0.843. The number of rotatable bonds is 2. The van der Waals surface area contributed by atoms with Gasteiger partial charge in [-0.2, -0.15) is 10.5 Å². The van der Waals surface area contributed by atoms with Crippen molar-refractivity contribution in [2.45, 2.75) is 0 Å². The average Bonchev–Trinajstić information content (AvgIpc) is 2.46. The number of hydrogen-bond acceptors (Lipinski definition) is 3. The van der Waals surface area contributed by atoms with Gasteiger partial charge in [0.2, 0.25) is 0 Å². The molecule has 0 N–H and O–H groups in total. The van der Waals surface area contributed by atoms with Crippen LogP contribution in [0.15, 0.2) is 46.9 Å². The third-order valence-corrected chi connectivity index (χ3v) is 3.49. The van der Waals surface area contributed by atoms with Gasteiger partial charge in [0, 0.05) is 17.2 Å². The summed E-state index contributed by atoms with van der Waals surface area (Å²) in [6, 6.07) is 17.2. The molecule has 19 heavy (non-hydrogen) atoms. The Balaban J connectivity index is 2.51. The lowest BCUT2D eigenvalue weighted by Crippen LogP contribution is -2.11. The van der Waals surface area contributed by atoms with E-state index in [4.69, 9.17) is 5.26 Å². The Morgan fingerprint density at radius 1 is 1.05 bits per heavy atom. The van der Waals surface area contributed by atoms with Gasteiger partial charge in [-0.1, -0.05) is 12.1 Å². The highest BCUT2D eigenvalue weighted by Gasteiger charge is 2.11. The van der Waals surface area contributed by atoms with Crippen molar-refractivity contribution in [3.05, 3.63) is 58.1 Å². The van der Waals surface area contributed by atoms with Crippen LogP contribution in [-0.4, -0.2) is 7.05 Å². The predicted molar refractivity (Wildman–Crippen MR) is 78.1 cm³/mol. The summed E-state index contributed by atoms with van der Waals surface area (Å²) >= 11 is 3.37. The molecule has 4 heteroatoms. The van der Waals surface area contributed by atoms with E-state index < -0.39 is 0 Å². The summed E-state index contributed by atoms with van der Waals surface area (Å²) in [6.07, 6.45) is 0. The standard InChI is InChI=1S/C15H10BrN3/c1-19(12-5-2-4-11(8-12)9-17)15-7-3-6-14(16)13(15)10-18/h2-8H,1H3. The lowest BCUT2D eigenvalue weighted by Gasteiger charge is -2.21. The van der Waals surface area contributed by atoms with Gasteiger partial charge in [0.15, 0.2) is 0 Å². The molecule has 2 aromatic rings. The van der Waals surface area contributed by atoms with Gasteiger partial charge in [0.05, 0.1) is 22.9 Å². The van der Waals surface area contributed by atoms with Crippen molar-refractivity contribution >= 4 is 27.3 Å². The van der Waals surface area contributed by atoms with Crippen LogP contribution in [0.4, 0.5) is 11.4 Å². The minimum Gasteiger partial charge on any atom is -0.343 e. The van der Waals surface area contributed by atoms with Crippen molar-refractivity contribution in [2.24, 2.45) is 0 Å². The van der Waals surface area contributed by atoms with Crippen LogP contribution in [-0.2, 0) is 0 Å². The second kappa shape index (κ2) is 5.56. The molecule has 2 aromatic carbocycles. The second-order valence-electron chi connectivity index (χ2n) is 3.97. The monoisotopic (exact) mass is 311 g/mol. The van der Waals surface area contributed by atoms with Crippen molar-refractivity contribution in [3.63, 3.8) is 0 Å². The predicted octanol–water partition coefficient (Wildman–Crippen LogP) is 3.96. The summed E-state index contributed by atoms with van der Waals surface area (Å²) in [5, 5.41) is 18.2. The molecule has 0 aliphatic rings. The molecule has 0 aliphatic carbocycles. The smallest absolute Gasteiger partial charge is 0.103 e. The van der Waals surface area contributed by atoms with Gasteiger partial charge in [-0.3, -0.25) is 0 Å². The third-order valence-electron chi connectivity index (χ3n) is 2.83. The van der Waals surface area contributed by atoms with Crippen LogP contribution < -0.4 is 4.90 Å². The van der Waals surface area contributed by atoms with E-state index in [1.165, 1.54) is 0 Å². The van der Waals surface area contributed by atoms with Gasteiger partial charge in [-0.25, -0.2) is 0 Å². The molecular weight excluding hydrogens is 302 g/mol. The second-order valence-corrected chi connectivity index (χ2v) is 4.82. The first kappa shape index (κ1) is 13.1. The molecule has 0 aromatic heterocycles. The molecule has 0 atom stereocenters. The zero-order valence-corrected chi connectivity index (χ0v) is 11.8. The van der Waals surface area contributed by atoms with Crippen molar-refractivity contribution in [2.75, 3.05) is 11.9 Å². The molecular formula is C15H10BrN3. The van der Waals surface area contributed by atoms with Crippen LogP contribution in [0.1, 0.15) is 11.1 Å². The zero-order chi connectivity index (χ0) is 13.8. The minimum atomic E-state index is 0.576. The number of hydrogen-bond donors (Lipinski definition) is 0. The van der Waals surface area contributed by atoms with Gasteiger partial charge in [0.25, 0.3) is 0 Å². The van der Waals surface area contributed by atoms with E-state index in [2.05, 4.69) is 28.1 Å². The highest BCUT2D eigenvalue weighted by Crippen LogP contribution is 2.31. The number of nitriles is 2. The Morgan fingerprint density at radius 2 is 1.79 bits per heavy atom. The lowest BCUT2D eigenvalue weighted by molar-refractivity contribution is 1.19.